The topological polar surface area (TPSA) is 32.3 Å². The highest BCUT2D eigenvalue weighted by molar-refractivity contribution is 7.99. The third-order valence-corrected chi connectivity index (χ3v) is 5.95. The summed E-state index contributed by atoms with van der Waals surface area (Å²) in [6.07, 6.45) is 6.76. The normalized spacial score (nSPS) is 29.0. The molecule has 0 atom stereocenters. The molecule has 0 unspecified atom stereocenters. The number of nitrogens with one attached hydrogen (secondary N) is 1. The lowest BCUT2D eigenvalue weighted by atomic mass is 9.97. The van der Waals surface area contributed by atoms with E-state index < -0.39 is 0 Å². The van der Waals surface area contributed by atoms with Crippen LogP contribution >= 0.6 is 11.8 Å². The molecule has 0 radical (unpaired) electrons. The van der Waals surface area contributed by atoms with E-state index in [9.17, 15) is 4.79 Å². The fourth-order valence-corrected chi connectivity index (χ4v) is 5.23. The van der Waals surface area contributed by atoms with E-state index in [0.717, 1.165) is 32.2 Å². The van der Waals surface area contributed by atoms with Gasteiger partial charge in [0, 0.05) is 6.54 Å². The lowest BCUT2D eigenvalue weighted by Crippen LogP contribution is -2.56. The Kier molecular flexibility index (Phi) is 3.59. The molecule has 3 aliphatic rings. The van der Waals surface area contributed by atoms with Gasteiger partial charge in [0.25, 0.3) is 0 Å². The first kappa shape index (κ1) is 13.7. The van der Waals surface area contributed by atoms with E-state index in [2.05, 4.69) is 24.1 Å². The van der Waals surface area contributed by atoms with E-state index in [1.807, 2.05) is 11.8 Å². The molecule has 0 aromatic rings. The maximum atomic E-state index is 13.0. The van der Waals surface area contributed by atoms with E-state index in [-0.39, 0.29) is 11.2 Å². The van der Waals surface area contributed by atoms with Gasteiger partial charge in [0.1, 0.15) is 0 Å². The van der Waals surface area contributed by atoms with Crippen LogP contribution < -0.4 is 5.32 Å². The summed E-state index contributed by atoms with van der Waals surface area (Å²) in [5.74, 6) is 3.33. The Bertz CT molecular complexity index is 357. The summed E-state index contributed by atoms with van der Waals surface area (Å²) in [5, 5.41) is 3.85. The van der Waals surface area contributed by atoms with Crippen LogP contribution in [0.25, 0.3) is 0 Å². The Balaban J connectivity index is 1.90. The third kappa shape index (κ3) is 2.21. The van der Waals surface area contributed by atoms with Crippen LogP contribution in [0.3, 0.4) is 0 Å². The zero-order valence-electron chi connectivity index (χ0n) is 12.2. The summed E-state index contributed by atoms with van der Waals surface area (Å²) in [6.45, 7) is 5.36. The van der Waals surface area contributed by atoms with Crippen molar-refractivity contribution in [3.05, 3.63) is 0 Å². The van der Waals surface area contributed by atoms with E-state index in [4.69, 9.17) is 0 Å². The van der Waals surface area contributed by atoms with Gasteiger partial charge in [-0.2, -0.15) is 11.8 Å². The summed E-state index contributed by atoms with van der Waals surface area (Å²) >= 11 is 2.03. The molecule has 2 heterocycles. The minimum atomic E-state index is -0.198. The predicted molar refractivity (Wildman–Crippen MR) is 80.2 cm³/mol. The molecule has 2 spiro atoms. The lowest BCUT2D eigenvalue weighted by molar-refractivity contribution is -0.135. The van der Waals surface area contributed by atoms with Crippen molar-refractivity contribution in [2.45, 2.75) is 63.6 Å². The van der Waals surface area contributed by atoms with Gasteiger partial charge < -0.3 is 4.90 Å². The number of hydrogen-bond donors (Lipinski definition) is 1. The maximum Gasteiger partial charge on any atom is 0.244 e. The quantitative estimate of drug-likeness (QED) is 0.845. The highest BCUT2D eigenvalue weighted by Crippen LogP contribution is 2.44. The van der Waals surface area contributed by atoms with Crippen molar-refractivity contribution in [2.24, 2.45) is 5.92 Å². The molecule has 1 amide bonds. The summed E-state index contributed by atoms with van der Waals surface area (Å²) in [5.41, 5.74) is -0.214. The third-order valence-electron chi connectivity index (χ3n) is 4.97. The fourth-order valence-electron chi connectivity index (χ4n) is 4.06. The minimum absolute atomic E-state index is 0.0169. The second-order valence-electron chi connectivity index (χ2n) is 6.87. The Hall–Kier alpha value is -0.220. The molecule has 19 heavy (non-hydrogen) atoms. The molecule has 1 saturated carbocycles. The second kappa shape index (κ2) is 4.96. The molecule has 2 aliphatic heterocycles. The number of thioether (sulfide) groups is 1. The average molecular weight is 282 g/mol. The van der Waals surface area contributed by atoms with Crippen LogP contribution in [-0.2, 0) is 4.79 Å². The largest absolute Gasteiger partial charge is 0.322 e. The Morgan fingerprint density at radius 3 is 2.42 bits per heavy atom. The molecule has 1 N–H and O–H groups in total. The van der Waals surface area contributed by atoms with Crippen molar-refractivity contribution in [1.82, 2.24) is 10.2 Å². The van der Waals surface area contributed by atoms with Crippen molar-refractivity contribution in [3.63, 3.8) is 0 Å². The van der Waals surface area contributed by atoms with Crippen LogP contribution in [0.15, 0.2) is 0 Å². The SMILES string of the molecule is CC(C)CN1C(=O)C2(CCCC2)NC12CCSCC2. The highest BCUT2D eigenvalue weighted by atomic mass is 32.2. The van der Waals surface area contributed by atoms with Gasteiger partial charge in [-0.1, -0.05) is 26.7 Å². The van der Waals surface area contributed by atoms with Crippen molar-refractivity contribution in [3.8, 4) is 0 Å². The van der Waals surface area contributed by atoms with Crippen LogP contribution in [0.4, 0.5) is 0 Å². The minimum Gasteiger partial charge on any atom is -0.322 e. The number of nitrogens with zero attached hydrogens (tertiary/aromatic N) is 1. The van der Waals surface area contributed by atoms with Crippen molar-refractivity contribution in [1.29, 1.82) is 0 Å². The first-order chi connectivity index (χ1) is 9.08. The van der Waals surface area contributed by atoms with E-state index in [1.54, 1.807) is 0 Å². The standard InChI is InChI=1S/C15H26N2OS/c1-12(2)11-17-13(18)14(5-3-4-6-14)16-15(17)7-9-19-10-8-15/h12,16H,3-11H2,1-2H3. The molecular weight excluding hydrogens is 256 g/mol. The second-order valence-corrected chi connectivity index (χ2v) is 8.09. The molecule has 2 saturated heterocycles. The summed E-state index contributed by atoms with van der Waals surface area (Å²) in [4.78, 5) is 15.2. The Morgan fingerprint density at radius 1 is 1.21 bits per heavy atom. The first-order valence-corrected chi connectivity index (χ1v) is 8.93. The summed E-state index contributed by atoms with van der Waals surface area (Å²) in [6, 6.07) is 0. The Morgan fingerprint density at radius 2 is 1.84 bits per heavy atom. The van der Waals surface area contributed by atoms with E-state index in [0.29, 0.717) is 11.8 Å². The zero-order valence-corrected chi connectivity index (χ0v) is 13.0. The van der Waals surface area contributed by atoms with Crippen molar-refractivity contribution >= 4 is 17.7 Å². The molecule has 4 heteroatoms. The number of carbonyl (C=O) groups is 1. The van der Waals surface area contributed by atoms with Crippen LogP contribution in [0.2, 0.25) is 0 Å². The van der Waals surface area contributed by atoms with Gasteiger partial charge in [0.05, 0.1) is 11.2 Å². The average Bonchev–Trinajstić information content (AvgIpc) is 2.92. The molecular formula is C15H26N2OS. The predicted octanol–water partition coefficient (Wildman–Crippen LogP) is 2.61. The lowest BCUT2D eigenvalue weighted by Gasteiger charge is -2.42. The molecule has 0 aromatic heterocycles. The molecule has 3 nitrogen and oxygen atoms in total. The van der Waals surface area contributed by atoms with E-state index in [1.165, 1.54) is 24.3 Å². The fraction of sp³-hybridized carbons (Fsp3) is 0.933. The van der Waals surface area contributed by atoms with Gasteiger partial charge in [0.2, 0.25) is 5.91 Å². The molecule has 0 aromatic carbocycles. The van der Waals surface area contributed by atoms with Crippen molar-refractivity contribution < 1.29 is 4.79 Å². The number of hydrogen-bond acceptors (Lipinski definition) is 3. The molecule has 3 rings (SSSR count). The molecule has 108 valence electrons. The number of rotatable bonds is 2. The monoisotopic (exact) mass is 282 g/mol. The van der Waals surface area contributed by atoms with Crippen LogP contribution in [0.5, 0.6) is 0 Å². The molecule has 3 fully saturated rings. The van der Waals surface area contributed by atoms with Crippen LogP contribution in [0.1, 0.15) is 52.4 Å². The van der Waals surface area contributed by atoms with Crippen LogP contribution in [0, 0.1) is 5.92 Å². The zero-order chi connectivity index (χ0) is 13.5. The smallest absolute Gasteiger partial charge is 0.244 e. The van der Waals surface area contributed by atoms with E-state index >= 15 is 0 Å². The Labute approximate surface area is 120 Å². The summed E-state index contributed by atoms with van der Waals surface area (Å²) < 4.78 is 0. The first-order valence-electron chi connectivity index (χ1n) is 7.77. The van der Waals surface area contributed by atoms with Gasteiger partial charge in [-0.3, -0.25) is 10.1 Å². The highest BCUT2D eigenvalue weighted by Gasteiger charge is 2.59. The van der Waals surface area contributed by atoms with Gasteiger partial charge in [-0.15, -0.1) is 0 Å². The number of carbonyl (C=O) groups excluding carboxylic acids is 1. The van der Waals surface area contributed by atoms with Gasteiger partial charge >= 0.3 is 0 Å². The van der Waals surface area contributed by atoms with Crippen molar-refractivity contribution in [2.75, 3.05) is 18.1 Å². The maximum absolute atomic E-state index is 13.0. The van der Waals surface area contributed by atoms with Gasteiger partial charge in [-0.05, 0) is 43.1 Å². The molecule has 1 aliphatic carbocycles. The van der Waals surface area contributed by atoms with Gasteiger partial charge in [-0.25, -0.2) is 0 Å². The molecule has 0 bridgehead atoms. The number of amides is 1. The van der Waals surface area contributed by atoms with Crippen LogP contribution in [-0.4, -0.2) is 40.1 Å². The van der Waals surface area contributed by atoms with Gasteiger partial charge in [0.15, 0.2) is 0 Å². The summed E-state index contributed by atoms with van der Waals surface area (Å²) in [7, 11) is 0.